The fourth-order valence-electron chi connectivity index (χ4n) is 4.57. The quantitative estimate of drug-likeness (QED) is 0.0978. The lowest BCUT2D eigenvalue weighted by molar-refractivity contribution is -0.140. The summed E-state index contributed by atoms with van der Waals surface area (Å²) in [5.41, 5.74) is 9.80. The molecule has 0 radical (unpaired) electrons. The molecule has 0 fully saturated rings. The van der Waals surface area contributed by atoms with Crippen LogP contribution in [0, 0.1) is 0 Å². The zero-order valence-electron chi connectivity index (χ0n) is 27.6. The summed E-state index contributed by atoms with van der Waals surface area (Å²) in [5, 5.41) is 4.94. The predicted molar refractivity (Wildman–Crippen MR) is 179 cm³/mol. The summed E-state index contributed by atoms with van der Waals surface area (Å²) < 4.78 is 11.2. The molecule has 0 aliphatic rings. The van der Waals surface area contributed by atoms with Crippen LogP contribution in [0.2, 0.25) is 0 Å². The van der Waals surface area contributed by atoms with Crippen LogP contribution >= 0.6 is 0 Å². The third-order valence-corrected chi connectivity index (χ3v) is 7.04. The van der Waals surface area contributed by atoms with Gasteiger partial charge in [-0.25, -0.2) is 15.5 Å². The average Bonchev–Trinajstić information content (AvgIpc) is 3.06. The van der Waals surface area contributed by atoms with Gasteiger partial charge < -0.3 is 25.8 Å². The predicted octanol–water partition coefficient (Wildman–Crippen LogP) is 2.12. The van der Waals surface area contributed by atoms with Crippen LogP contribution < -0.4 is 32.4 Å². The summed E-state index contributed by atoms with van der Waals surface area (Å²) >= 11 is 0. The molecule has 0 heterocycles. The molecule has 256 valence electrons. The molecule has 3 aromatic rings. The number of hydrazine groups is 1. The number of nitrogens with zero attached hydrogens (tertiary/aromatic N) is 1. The lowest BCUT2D eigenvalue weighted by Crippen LogP contribution is -2.58. The summed E-state index contributed by atoms with van der Waals surface area (Å²) in [6, 6.07) is 22.1. The molecule has 48 heavy (non-hydrogen) atoms. The van der Waals surface area contributed by atoms with Crippen molar-refractivity contribution in [1.29, 1.82) is 0 Å². The number of nitrogens with one attached hydrogen (secondary N) is 3. The Morgan fingerprint density at radius 3 is 1.92 bits per heavy atom. The van der Waals surface area contributed by atoms with Crippen LogP contribution in [0.25, 0.3) is 0 Å². The summed E-state index contributed by atoms with van der Waals surface area (Å²) in [6.07, 6.45) is -0.857. The molecule has 3 aromatic carbocycles. The van der Waals surface area contributed by atoms with Gasteiger partial charge in [-0.05, 0) is 62.9 Å². The van der Waals surface area contributed by atoms with Crippen LogP contribution in [0.5, 0.6) is 5.75 Å². The Hall–Kier alpha value is -5.27. The van der Waals surface area contributed by atoms with Crippen LogP contribution in [-0.2, 0) is 43.4 Å². The van der Waals surface area contributed by atoms with E-state index < -0.39 is 60.0 Å². The minimum Gasteiger partial charge on any atom is -0.489 e. The van der Waals surface area contributed by atoms with Crippen molar-refractivity contribution in [3.63, 3.8) is 0 Å². The molecule has 3 rings (SSSR count). The number of carbonyl (C=O) groups excluding carboxylic acids is 5. The highest BCUT2D eigenvalue weighted by Gasteiger charge is 2.37. The molecule has 0 saturated carbocycles. The first kappa shape index (κ1) is 37.2. The van der Waals surface area contributed by atoms with Gasteiger partial charge in [-0.1, -0.05) is 72.8 Å². The van der Waals surface area contributed by atoms with Crippen molar-refractivity contribution in [2.45, 2.75) is 70.9 Å². The van der Waals surface area contributed by atoms with Gasteiger partial charge in [0.25, 0.3) is 5.91 Å². The van der Waals surface area contributed by atoms with E-state index in [2.05, 4.69) is 10.6 Å². The van der Waals surface area contributed by atoms with Crippen LogP contribution in [0.15, 0.2) is 84.9 Å². The molecule has 0 aliphatic heterocycles. The van der Waals surface area contributed by atoms with Gasteiger partial charge in [0, 0.05) is 6.42 Å². The standard InChI is InChI=1S/C35H44N6O7/c1-23(31(43)38-21-30(42)39-29(32(44)40-37)20-24-11-7-5-8-12-24)41(34(46)48-35(2,3)4)33(45)28(36)19-25-15-17-27(18-16-25)47-22-26-13-9-6-10-14-26/h5-18,23,28-29H,19-22,36-37H2,1-4H3,(H,38,43)(H,39,42)(H,40,44)/t23-,28+,29+/m1/s1. The number of carbonyl (C=O) groups is 5. The van der Waals surface area contributed by atoms with E-state index in [4.69, 9.17) is 21.1 Å². The van der Waals surface area contributed by atoms with Crippen molar-refractivity contribution >= 4 is 29.7 Å². The van der Waals surface area contributed by atoms with Crippen LogP contribution in [0.4, 0.5) is 4.79 Å². The molecular weight excluding hydrogens is 616 g/mol. The summed E-state index contributed by atoms with van der Waals surface area (Å²) in [4.78, 5) is 65.6. The largest absolute Gasteiger partial charge is 0.489 e. The fraction of sp³-hybridized carbons (Fsp3) is 0.343. The van der Waals surface area contributed by atoms with E-state index in [0.717, 1.165) is 11.1 Å². The molecule has 0 aromatic heterocycles. The zero-order valence-corrected chi connectivity index (χ0v) is 27.6. The molecule has 3 atom stereocenters. The van der Waals surface area contributed by atoms with Gasteiger partial charge in [-0.3, -0.25) is 24.6 Å². The summed E-state index contributed by atoms with van der Waals surface area (Å²) in [5.74, 6) is 2.94. The Labute approximate surface area is 280 Å². The Morgan fingerprint density at radius 1 is 0.792 bits per heavy atom. The van der Waals surface area contributed by atoms with E-state index in [1.54, 1.807) is 69.3 Å². The van der Waals surface area contributed by atoms with E-state index in [0.29, 0.717) is 22.8 Å². The van der Waals surface area contributed by atoms with Crippen molar-refractivity contribution < 1.29 is 33.4 Å². The minimum atomic E-state index is -1.40. The maximum Gasteiger partial charge on any atom is 0.417 e. The fourth-order valence-corrected chi connectivity index (χ4v) is 4.57. The normalized spacial score (nSPS) is 12.9. The van der Waals surface area contributed by atoms with Gasteiger partial charge in [-0.2, -0.15) is 0 Å². The maximum atomic E-state index is 13.6. The molecule has 13 heteroatoms. The number of amides is 5. The second kappa shape index (κ2) is 17.6. The molecule has 0 aliphatic carbocycles. The Morgan fingerprint density at radius 2 is 1.35 bits per heavy atom. The number of hydrogen-bond acceptors (Lipinski definition) is 9. The third kappa shape index (κ3) is 11.8. The first-order chi connectivity index (χ1) is 22.8. The molecule has 0 unspecified atom stereocenters. The van der Waals surface area contributed by atoms with Crippen LogP contribution in [-0.4, -0.2) is 64.9 Å². The highest BCUT2D eigenvalue weighted by atomic mass is 16.6. The zero-order chi connectivity index (χ0) is 35.3. The van der Waals surface area contributed by atoms with Crippen molar-refractivity contribution in [3.8, 4) is 5.75 Å². The van der Waals surface area contributed by atoms with Crippen molar-refractivity contribution in [2.24, 2.45) is 11.6 Å². The second-order valence-electron chi connectivity index (χ2n) is 12.1. The van der Waals surface area contributed by atoms with Crippen LogP contribution in [0.1, 0.15) is 44.4 Å². The first-order valence-corrected chi connectivity index (χ1v) is 15.5. The van der Waals surface area contributed by atoms with Gasteiger partial charge in [-0.15, -0.1) is 0 Å². The van der Waals surface area contributed by atoms with Crippen molar-refractivity contribution in [2.75, 3.05) is 6.54 Å². The smallest absolute Gasteiger partial charge is 0.417 e. The maximum absolute atomic E-state index is 13.6. The summed E-state index contributed by atoms with van der Waals surface area (Å²) in [7, 11) is 0. The molecular formula is C35H44N6O7. The van der Waals surface area contributed by atoms with E-state index >= 15 is 0 Å². The second-order valence-corrected chi connectivity index (χ2v) is 12.1. The molecule has 0 bridgehead atoms. The van der Waals surface area contributed by atoms with Gasteiger partial charge in [0.1, 0.15) is 30.0 Å². The van der Waals surface area contributed by atoms with E-state index in [-0.39, 0.29) is 12.8 Å². The van der Waals surface area contributed by atoms with Crippen molar-refractivity contribution in [1.82, 2.24) is 21.0 Å². The Balaban J connectivity index is 1.64. The SMILES string of the molecule is C[C@H](C(=O)NCC(=O)N[C@@H](Cc1ccccc1)C(=O)NN)N(C(=O)OC(C)(C)C)C(=O)[C@@H](N)Cc1ccc(OCc2ccccc2)cc1. The topological polar surface area (TPSA) is 195 Å². The van der Waals surface area contributed by atoms with E-state index in [9.17, 15) is 24.0 Å². The molecule has 0 spiro atoms. The highest BCUT2D eigenvalue weighted by Crippen LogP contribution is 2.18. The number of ether oxygens (including phenoxy) is 2. The number of hydrogen-bond donors (Lipinski definition) is 5. The van der Waals surface area contributed by atoms with Gasteiger partial charge in [0.15, 0.2) is 0 Å². The lowest BCUT2D eigenvalue weighted by Gasteiger charge is -2.31. The van der Waals surface area contributed by atoms with Crippen LogP contribution in [0.3, 0.4) is 0 Å². The third-order valence-electron chi connectivity index (χ3n) is 7.04. The molecule has 0 saturated heterocycles. The van der Waals surface area contributed by atoms with Gasteiger partial charge in [0.2, 0.25) is 17.7 Å². The highest BCUT2D eigenvalue weighted by molar-refractivity contribution is 6.00. The number of benzene rings is 3. The van der Waals surface area contributed by atoms with Gasteiger partial charge in [0.05, 0.1) is 12.6 Å². The monoisotopic (exact) mass is 660 g/mol. The number of nitrogens with two attached hydrogens (primary N) is 2. The van der Waals surface area contributed by atoms with E-state index in [1.165, 1.54) is 6.92 Å². The van der Waals surface area contributed by atoms with E-state index in [1.807, 2.05) is 41.8 Å². The lowest BCUT2D eigenvalue weighted by atomic mass is 10.0. The average molecular weight is 661 g/mol. The number of rotatable bonds is 14. The number of imide groups is 1. The Bertz CT molecular complexity index is 1530. The minimum absolute atomic E-state index is 0.0554. The first-order valence-electron chi connectivity index (χ1n) is 15.5. The molecule has 13 nitrogen and oxygen atoms in total. The van der Waals surface area contributed by atoms with Crippen molar-refractivity contribution in [3.05, 3.63) is 102 Å². The van der Waals surface area contributed by atoms with Gasteiger partial charge >= 0.3 is 6.09 Å². The molecule has 5 amide bonds. The summed E-state index contributed by atoms with van der Waals surface area (Å²) in [6.45, 7) is 6.02. The Kier molecular flexibility index (Phi) is 13.6. The molecule has 7 N–H and O–H groups in total.